The first-order chi connectivity index (χ1) is 7.58. The van der Waals surface area contributed by atoms with Crippen molar-refractivity contribution >= 4 is 0 Å². The van der Waals surface area contributed by atoms with Crippen molar-refractivity contribution in [2.75, 3.05) is 27.7 Å². The molecule has 0 fully saturated rings. The fraction of sp³-hybridized carbons (Fsp3) is 0.500. The summed E-state index contributed by atoms with van der Waals surface area (Å²) in [4.78, 5) is 0. The molecule has 3 N–H and O–H groups in total. The molecule has 90 valence electrons. The lowest BCUT2D eigenvalue weighted by atomic mass is 10.0. The van der Waals surface area contributed by atoms with Gasteiger partial charge in [-0.15, -0.1) is 0 Å². The van der Waals surface area contributed by atoms with Crippen LogP contribution in [0, 0.1) is 6.92 Å². The molecule has 4 nitrogen and oxygen atoms in total. The molecule has 0 aliphatic heterocycles. The molecule has 0 bridgehead atoms. The predicted octanol–water partition coefficient (Wildman–Crippen LogP) is 1.07. The van der Waals surface area contributed by atoms with Crippen molar-refractivity contribution in [1.29, 1.82) is 0 Å². The van der Waals surface area contributed by atoms with Gasteiger partial charge in [0.2, 0.25) is 0 Å². The zero-order valence-electron chi connectivity index (χ0n) is 10.4. The number of benzene rings is 1. The van der Waals surface area contributed by atoms with Crippen LogP contribution in [-0.2, 0) is 0 Å². The number of aryl methyl sites for hydroxylation is 1. The van der Waals surface area contributed by atoms with Crippen LogP contribution in [-0.4, -0.2) is 32.8 Å². The Morgan fingerprint density at radius 1 is 1.44 bits per heavy atom. The quantitative estimate of drug-likeness (QED) is 0.733. The highest BCUT2D eigenvalue weighted by atomic mass is 16.5. The normalized spacial score (nSPS) is 12.9. The summed E-state index contributed by atoms with van der Waals surface area (Å²) in [5.74, 6) is 0.907. The molecule has 0 aliphatic carbocycles. The second kappa shape index (κ2) is 5.84. The second-order valence-electron chi connectivity index (χ2n) is 4.04. The number of nitrogens with one attached hydrogen (secondary N) is 1. The number of nitrogens with zero attached hydrogens (tertiary/aromatic N) is 1. The molecule has 1 aromatic carbocycles. The van der Waals surface area contributed by atoms with Crippen LogP contribution < -0.4 is 15.9 Å². The number of hydrogen-bond donors (Lipinski definition) is 2. The summed E-state index contributed by atoms with van der Waals surface area (Å²) in [5, 5.41) is 1.91. The van der Waals surface area contributed by atoms with E-state index in [-0.39, 0.29) is 6.04 Å². The van der Waals surface area contributed by atoms with Gasteiger partial charge in [-0.1, -0.05) is 12.1 Å². The molecule has 1 unspecified atom stereocenters. The summed E-state index contributed by atoms with van der Waals surface area (Å²) in [5.41, 5.74) is 11.3. The first kappa shape index (κ1) is 13.0. The minimum Gasteiger partial charge on any atom is -0.496 e. The van der Waals surface area contributed by atoms with Crippen molar-refractivity contribution in [3.8, 4) is 5.75 Å². The molecule has 4 heteroatoms. The molecular formula is C12H21N3O. The van der Waals surface area contributed by atoms with Gasteiger partial charge in [-0.05, 0) is 24.1 Å². The lowest BCUT2D eigenvalue weighted by Gasteiger charge is -2.22. The van der Waals surface area contributed by atoms with Crippen LogP contribution in [0.1, 0.15) is 17.2 Å². The van der Waals surface area contributed by atoms with Gasteiger partial charge in [0.05, 0.1) is 13.2 Å². The molecular weight excluding hydrogens is 202 g/mol. The van der Waals surface area contributed by atoms with Crippen LogP contribution in [0.2, 0.25) is 0 Å². The monoisotopic (exact) mass is 223 g/mol. The summed E-state index contributed by atoms with van der Waals surface area (Å²) < 4.78 is 5.23. The highest BCUT2D eigenvalue weighted by molar-refractivity contribution is 5.37. The fourth-order valence-electron chi connectivity index (χ4n) is 1.69. The average Bonchev–Trinajstić information content (AvgIpc) is 2.25. The molecule has 16 heavy (non-hydrogen) atoms. The number of rotatable bonds is 5. The number of methoxy groups -OCH3 is 1. The Morgan fingerprint density at radius 2 is 2.12 bits per heavy atom. The minimum absolute atomic E-state index is 0.139. The molecule has 0 saturated carbocycles. The van der Waals surface area contributed by atoms with Crippen molar-refractivity contribution in [1.82, 2.24) is 10.4 Å². The van der Waals surface area contributed by atoms with Crippen molar-refractivity contribution in [2.45, 2.75) is 13.0 Å². The van der Waals surface area contributed by atoms with Crippen molar-refractivity contribution in [3.63, 3.8) is 0 Å². The van der Waals surface area contributed by atoms with Gasteiger partial charge in [0.25, 0.3) is 0 Å². The third-order valence-electron chi connectivity index (χ3n) is 2.47. The lowest BCUT2D eigenvalue weighted by molar-refractivity contribution is 0.245. The van der Waals surface area contributed by atoms with Gasteiger partial charge < -0.3 is 10.5 Å². The Bertz CT molecular complexity index is 339. The number of ether oxygens (including phenoxy) is 1. The summed E-state index contributed by atoms with van der Waals surface area (Å²) >= 11 is 0. The first-order valence-corrected chi connectivity index (χ1v) is 5.36. The Labute approximate surface area is 97.4 Å². The van der Waals surface area contributed by atoms with Gasteiger partial charge in [0.15, 0.2) is 0 Å². The maximum absolute atomic E-state index is 5.75. The van der Waals surface area contributed by atoms with E-state index in [0.717, 1.165) is 11.3 Å². The largest absolute Gasteiger partial charge is 0.496 e. The standard InChI is InChI=1S/C12H21N3O/c1-9-7-10(5-6-12(9)16-4)11(8-13)14-15(2)3/h5-7,11,14H,8,13H2,1-4H3. The van der Waals surface area contributed by atoms with E-state index in [1.54, 1.807) is 7.11 Å². The Kier molecular flexibility index (Phi) is 4.73. The van der Waals surface area contributed by atoms with E-state index in [1.807, 2.05) is 38.2 Å². The SMILES string of the molecule is COc1ccc(C(CN)NN(C)C)cc1C. The van der Waals surface area contributed by atoms with Crippen LogP contribution in [0.25, 0.3) is 0 Å². The number of hydrogen-bond acceptors (Lipinski definition) is 4. The summed E-state index contributed by atoms with van der Waals surface area (Å²) in [6, 6.07) is 6.26. The van der Waals surface area contributed by atoms with Crippen LogP contribution in [0.4, 0.5) is 0 Å². The van der Waals surface area contributed by atoms with Gasteiger partial charge in [-0.3, -0.25) is 0 Å². The van der Waals surface area contributed by atoms with Crippen molar-refractivity contribution < 1.29 is 4.74 Å². The average molecular weight is 223 g/mol. The van der Waals surface area contributed by atoms with Gasteiger partial charge in [0, 0.05) is 20.6 Å². The lowest BCUT2D eigenvalue weighted by Crippen LogP contribution is -2.38. The third-order valence-corrected chi connectivity index (χ3v) is 2.47. The van der Waals surface area contributed by atoms with Gasteiger partial charge >= 0.3 is 0 Å². The molecule has 0 aromatic heterocycles. The zero-order chi connectivity index (χ0) is 12.1. The summed E-state index contributed by atoms with van der Waals surface area (Å²) in [7, 11) is 5.60. The maximum Gasteiger partial charge on any atom is 0.121 e. The Hall–Kier alpha value is -1.10. The van der Waals surface area contributed by atoms with Crippen LogP contribution in [0.15, 0.2) is 18.2 Å². The van der Waals surface area contributed by atoms with E-state index in [2.05, 4.69) is 11.5 Å². The topological polar surface area (TPSA) is 50.5 Å². The Morgan fingerprint density at radius 3 is 2.56 bits per heavy atom. The van der Waals surface area contributed by atoms with Crippen LogP contribution >= 0.6 is 0 Å². The summed E-state index contributed by atoms with van der Waals surface area (Å²) in [6.07, 6.45) is 0. The van der Waals surface area contributed by atoms with E-state index >= 15 is 0 Å². The molecule has 0 heterocycles. The van der Waals surface area contributed by atoms with Crippen molar-refractivity contribution in [3.05, 3.63) is 29.3 Å². The van der Waals surface area contributed by atoms with Gasteiger partial charge in [-0.2, -0.15) is 0 Å². The second-order valence-corrected chi connectivity index (χ2v) is 4.04. The van der Waals surface area contributed by atoms with E-state index in [9.17, 15) is 0 Å². The van der Waals surface area contributed by atoms with Crippen molar-refractivity contribution in [2.24, 2.45) is 5.73 Å². The van der Waals surface area contributed by atoms with E-state index < -0.39 is 0 Å². The van der Waals surface area contributed by atoms with E-state index in [4.69, 9.17) is 10.5 Å². The molecule has 0 spiro atoms. The summed E-state index contributed by atoms with van der Waals surface area (Å²) in [6.45, 7) is 2.59. The Balaban J connectivity index is 2.89. The zero-order valence-corrected chi connectivity index (χ0v) is 10.4. The molecule has 0 amide bonds. The maximum atomic E-state index is 5.75. The predicted molar refractivity (Wildman–Crippen MR) is 66.3 cm³/mol. The fourth-order valence-corrected chi connectivity index (χ4v) is 1.69. The van der Waals surface area contributed by atoms with Crippen LogP contribution in [0.5, 0.6) is 5.75 Å². The van der Waals surface area contributed by atoms with Crippen LogP contribution in [0.3, 0.4) is 0 Å². The molecule has 0 radical (unpaired) electrons. The molecule has 1 aromatic rings. The molecule has 0 saturated heterocycles. The minimum atomic E-state index is 0.139. The molecule has 1 atom stereocenters. The molecule has 1 rings (SSSR count). The first-order valence-electron chi connectivity index (χ1n) is 5.36. The highest BCUT2D eigenvalue weighted by Crippen LogP contribution is 2.22. The number of hydrazine groups is 1. The number of nitrogens with two attached hydrogens (primary N) is 1. The smallest absolute Gasteiger partial charge is 0.121 e. The third kappa shape index (κ3) is 3.20. The van der Waals surface area contributed by atoms with E-state index in [1.165, 1.54) is 5.56 Å². The highest BCUT2D eigenvalue weighted by Gasteiger charge is 2.11. The van der Waals surface area contributed by atoms with Gasteiger partial charge in [0.1, 0.15) is 5.75 Å². The van der Waals surface area contributed by atoms with Gasteiger partial charge in [-0.25, -0.2) is 10.4 Å². The van der Waals surface area contributed by atoms with E-state index in [0.29, 0.717) is 6.54 Å². The molecule has 0 aliphatic rings.